The number of pyridine rings is 1. The lowest BCUT2D eigenvalue weighted by atomic mass is 9.76. The standard InChI is InChI=1S/C21H26N2.C14H22BrN.C13H16BNO2/c1-13(2)9-15-11-19-17-7-5-6-8-18(17)21(22)23-20(19)12-16(15)10-14(3)4;1-9(2)5-11-7-13(15)14(16)8-12(11)6-10(3)4;1-12(2)13(3,4)17-14(16-12)11-8-6-5-7-10(11)9-15/h5-8,11-14H,9-10H2,1-4H3,(H2,22,23);7-10H,5-6,16H2,1-4H3;5-8H,1-4H3. The van der Waals surface area contributed by atoms with Crippen molar-refractivity contribution < 1.29 is 9.31 Å². The monoisotopic (exact) mass is 818 g/mol. The van der Waals surface area contributed by atoms with Crippen LogP contribution in [0.25, 0.3) is 21.7 Å². The van der Waals surface area contributed by atoms with Crippen LogP contribution in [0, 0.1) is 35.0 Å². The maximum atomic E-state index is 9.08. The molecule has 5 aromatic rings. The van der Waals surface area contributed by atoms with E-state index < -0.39 is 7.12 Å². The first-order valence-corrected chi connectivity index (χ1v) is 21.0. The number of benzene rings is 4. The molecule has 0 radical (unpaired) electrons. The summed E-state index contributed by atoms with van der Waals surface area (Å²) in [5.74, 6) is 3.26. The maximum absolute atomic E-state index is 9.08. The Morgan fingerprint density at radius 3 is 1.61 bits per heavy atom. The van der Waals surface area contributed by atoms with Gasteiger partial charge in [0.05, 0.1) is 28.4 Å². The number of nitrogens with two attached hydrogens (primary N) is 2. The Morgan fingerprint density at radius 1 is 0.643 bits per heavy atom. The summed E-state index contributed by atoms with van der Waals surface area (Å²) in [6.07, 6.45) is 4.43. The second kappa shape index (κ2) is 19.0. The van der Waals surface area contributed by atoms with Crippen LogP contribution >= 0.6 is 15.9 Å². The first-order chi connectivity index (χ1) is 26.2. The molecule has 1 saturated heterocycles. The Morgan fingerprint density at radius 2 is 1.09 bits per heavy atom. The van der Waals surface area contributed by atoms with Gasteiger partial charge in [0.1, 0.15) is 5.82 Å². The quantitative estimate of drug-likeness (QED) is 0.0871. The summed E-state index contributed by atoms with van der Waals surface area (Å²) < 4.78 is 12.9. The van der Waals surface area contributed by atoms with Crippen LogP contribution in [0.5, 0.6) is 0 Å². The SMILES string of the molecule is CC(C)Cc1cc(N)c(Br)cc1CC(C)C.CC(C)Cc1cc2nc(N)c3ccccc3c2cc1CC(C)C.CC1(C)OB(c2ccccc2C#N)OC1(C)C. The van der Waals surface area contributed by atoms with E-state index in [0.29, 0.717) is 35.1 Å². The number of nitrogens with zero attached hydrogens (tertiary/aromatic N) is 2. The van der Waals surface area contributed by atoms with Gasteiger partial charge in [0.15, 0.2) is 0 Å². The summed E-state index contributed by atoms with van der Waals surface area (Å²) in [7, 11) is -0.462. The zero-order chi connectivity index (χ0) is 41.5. The first-order valence-electron chi connectivity index (χ1n) is 20.2. The van der Waals surface area contributed by atoms with Gasteiger partial charge >= 0.3 is 7.12 Å². The number of hydrogen-bond donors (Lipinski definition) is 2. The topological polar surface area (TPSA) is 107 Å². The molecule has 0 atom stereocenters. The third-order valence-electron chi connectivity index (χ3n) is 10.5. The lowest BCUT2D eigenvalue weighted by Crippen LogP contribution is -2.41. The zero-order valence-electron chi connectivity index (χ0n) is 35.9. The van der Waals surface area contributed by atoms with E-state index in [2.05, 4.69) is 125 Å². The number of fused-ring (bicyclic) bond motifs is 3. The number of aromatic nitrogens is 1. The molecule has 0 aliphatic carbocycles. The van der Waals surface area contributed by atoms with Crippen LogP contribution in [-0.2, 0) is 35.0 Å². The predicted octanol–water partition coefficient (Wildman–Crippen LogP) is 11.7. The minimum Gasteiger partial charge on any atom is -0.399 e. The Kier molecular flexibility index (Phi) is 15.2. The molecule has 1 aliphatic heterocycles. The summed E-state index contributed by atoms with van der Waals surface area (Å²) >= 11 is 3.51. The van der Waals surface area contributed by atoms with E-state index >= 15 is 0 Å². The van der Waals surface area contributed by atoms with Crippen molar-refractivity contribution in [3.8, 4) is 6.07 Å². The van der Waals surface area contributed by atoms with Gasteiger partial charge in [0.25, 0.3) is 0 Å². The van der Waals surface area contributed by atoms with Gasteiger partial charge in [-0.3, -0.25) is 0 Å². The number of rotatable bonds is 9. The van der Waals surface area contributed by atoms with Gasteiger partial charge in [0, 0.05) is 26.4 Å². The number of hydrogen-bond acceptors (Lipinski definition) is 6. The van der Waals surface area contributed by atoms with Crippen molar-refractivity contribution in [1.29, 1.82) is 5.26 Å². The third-order valence-corrected chi connectivity index (χ3v) is 11.2. The lowest BCUT2D eigenvalue weighted by molar-refractivity contribution is 0.00578. The van der Waals surface area contributed by atoms with E-state index in [1.54, 1.807) is 6.07 Å². The lowest BCUT2D eigenvalue weighted by Gasteiger charge is -2.32. The third kappa shape index (κ3) is 11.4. The molecule has 8 heteroatoms. The van der Waals surface area contributed by atoms with Crippen LogP contribution in [0.15, 0.2) is 77.3 Å². The molecule has 56 heavy (non-hydrogen) atoms. The molecule has 4 N–H and O–H groups in total. The van der Waals surface area contributed by atoms with Crippen molar-refractivity contribution in [2.75, 3.05) is 11.5 Å². The van der Waals surface area contributed by atoms with Crippen LogP contribution in [0.3, 0.4) is 0 Å². The predicted molar refractivity (Wildman–Crippen MR) is 243 cm³/mol. The Labute approximate surface area is 346 Å². The van der Waals surface area contributed by atoms with E-state index in [9.17, 15) is 0 Å². The summed E-state index contributed by atoms with van der Waals surface area (Å²) in [5.41, 5.74) is 20.4. The largest absolute Gasteiger partial charge is 0.496 e. The van der Waals surface area contributed by atoms with Crippen molar-refractivity contribution in [2.24, 2.45) is 23.7 Å². The van der Waals surface area contributed by atoms with Crippen molar-refractivity contribution >= 4 is 61.7 Å². The molecule has 6 rings (SSSR count). The highest BCUT2D eigenvalue weighted by atomic mass is 79.9. The maximum Gasteiger partial charge on any atom is 0.496 e. The van der Waals surface area contributed by atoms with Gasteiger partial charge in [-0.2, -0.15) is 5.26 Å². The fourth-order valence-corrected chi connectivity index (χ4v) is 7.48. The summed E-state index contributed by atoms with van der Waals surface area (Å²) in [6, 6.07) is 26.8. The van der Waals surface area contributed by atoms with Crippen LogP contribution in [0.4, 0.5) is 11.5 Å². The van der Waals surface area contributed by atoms with E-state index in [-0.39, 0.29) is 11.2 Å². The fourth-order valence-electron chi connectivity index (χ4n) is 7.09. The Bertz CT molecular complexity index is 2100. The molecule has 0 unspecified atom stereocenters. The normalized spacial score (nSPS) is 14.6. The van der Waals surface area contributed by atoms with E-state index in [1.807, 2.05) is 52.0 Å². The minimum atomic E-state index is -0.462. The second-order valence-electron chi connectivity index (χ2n) is 18.0. The highest BCUT2D eigenvalue weighted by Gasteiger charge is 2.52. The Balaban J connectivity index is 0.000000191. The molecule has 0 spiro atoms. The highest BCUT2D eigenvalue weighted by molar-refractivity contribution is 9.10. The zero-order valence-corrected chi connectivity index (χ0v) is 37.5. The van der Waals surface area contributed by atoms with E-state index in [4.69, 9.17) is 26.0 Å². The molecule has 0 amide bonds. The molecule has 6 nitrogen and oxygen atoms in total. The molecular weight excluding hydrogens is 755 g/mol. The van der Waals surface area contributed by atoms with Gasteiger partial charge in [0.2, 0.25) is 0 Å². The number of anilines is 2. The number of nitriles is 1. The molecule has 4 aromatic carbocycles. The molecule has 1 aromatic heterocycles. The molecule has 0 saturated carbocycles. The molecule has 2 heterocycles. The van der Waals surface area contributed by atoms with Crippen molar-refractivity contribution in [3.05, 3.63) is 105 Å². The van der Waals surface area contributed by atoms with Gasteiger partial charge in [-0.25, -0.2) is 4.98 Å². The Hall–Kier alpha value is -3.90. The summed E-state index contributed by atoms with van der Waals surface area (Å²) in [5, 5.41) is 12.6. The van der Waals surface area contributed by atoms with Gasteiger partial charge < -0.3 is 20.8 Å². The van der Waals surface area contributed by atoms with Gasteiger partial charge in [-0.05, 0) is 151 Å². The minimum absolute atomic E-state index is 0.375. The van der Waals surface area contributed by atoms with Crippen LogP contribution in [0.1, 0.15) is 111 Å². The van der Waals surface area contributed by atoms with Crippen LogP contribution in [-0.4, -0.2) is 23.3 Å². The van der Waals surface area contributed by atoms with Crippen LogP contribution in [0.2, 0.25) is 0 Å². The average molecular weight is 820 g/mol. The molecule has 1 fully saturated rings. The summed E-state index contributed by atoms with van der Waals surface area (Å²) in [4.78, 5) is 4.67. The smallest absolute Gasteiger partial charge is 0.399 e. The molecular formula is C48H64BBrN4O2. The summed E-state index contributed by atoms with van der Waals surface area (Å²) in [6.45, 7) is 26.1. The first kappa shape index (κ1) is 44.8. The second-order valence-corrected chi connectivity index (χ2v) is 18.9. The number of halogens is 1. The van der Waals surface area contributed by atoms with Crippen molar-refractivity contribution in [1.82, 2.24) is 4.98 Å². The highest BCUT2D eigenvalue weighted by Crippen LogP contribution is 2.37. The molecule has 1 aliphatic rings. The van der Waals surface area contributed by atoms with Gasteiger partial charge in [-0.1, -0.05) is 97.9 Å². The number of nitrogen functional groups attached to an aromatic ring is 2. The van der Waals surface area contributed by atoms with Gasteiger partial charge in [-0.15, -0.1) is 0 Å². The van der Waals surface area contributed by atoms with E-state index in [1.165, 1.54) is 33.0 Å². The molecule has 0 bridgehead atoms. The fraction of sp³-hybridized carbons (Fsp3) is 0.458. The van der Waals surface area contributed by atoms with Crippen LogP contribution < -0.4 is 16.9 Å². The van der Waals surface area contributed by atoms with Crippen molar-refractivity contribution in [3.63, 3.8) is 0 Å². The average Bonchev–Trinajstić information content (AvgIpc) is 3.33. The van der Waals surface area contributed by atoms with E-state index in [0.717, 1.165) is 52.2 Å². The molecule has 298 valence electrons. The van der Waals surface area contributed by atoms with Crippen molar-refractivity contribution in [2.45, 2.75) is 120 Å².